The molecule has 0 unspecified atom stereocenters. The first kappa shape index (κ1) is 11.4. The Kier molecular flexibility index (Phi) is 3.59. The first-order chi connectivity index (χ1) is 7.06. The number of ether oxygens (including phenoxy) is 1. The Labute approximate surface area is 84.7 Å². The SMILES string of the molecule is COc1c(N(C)CC(F)F)nc[nH]c1=O. The minimum absolute atomic E-state index is 0.0688. The van der Waals surface area contributed by atoms with Crippen molar-refractivity contribution in [2.45, 2.75) is 6.43 Å². The van der Waals surface area contributed by atoms with E-state index < -0.39 is 18.5 Å². The fourth-order valence-corrected chi connectivity index (χ4v) is 1.13. The highest BCUT2D eigenvalue weighted by Crippen LogP contribution is 2.19. The molecule has 1 aromatic rings. The molecule has 0 aliphatic heterocycles. The van der Waals surface area contributed by atoms with Crippen molar-refractivity contribution >= 4 is 5.82 Å². The molecule has 1 aromatic heterocycles. The van der Waals surface area contributed by atoms with E-state index in [9.17, 15) is 13.6 Å². The lowest BCUT2D eigenvalue weighted by atomic mass is 10.4. The van der Waals surface area contributed by atoms with Crippen LogP contribution in [0.5, 0.6) is 5.75 Å². The molecule has 0 amide bonds. The maximum atomic E-state index is 12.1. The zero-order valence-corrected chi connectivity index (χ0v) is 8.33. The summed E-state index contributed by atoms with van der Waals surface area (Å²) in [4.78, 5) is 18.5. The van der Waals surface area contributed by atoms with Gasteiger partial charge in [0.25, 0.3) is 12.0 Å². The van der Waals surface area contributed by atoms with Crippen LogP contribution in [0.4, 0.5) is 14.6 Å². The van der Waals surface area contributed by atoms with Crippen molar-refractivity contribution in [1.29, 1.82) is 0 Å². The molecule has 0 spiro atoms. The van der Waals surface area contributed by atoms with Crippen molar-refractivity contribution in [3.05, 3.63) is 16.7 Å². The summed E-state index contributed by atoms with van der Waals surface area (Å²) in [7, 11) is 2.70. The van der Waals surface area contributed by atoms with Crippen LogP contribution in [0.1, 0.15) is 0 Å². The fourth-order valence-electron chi connectivity index (χ4n) is 1.13. The van der Waals surface area contributed by atoms with Crippen molar-refractivity contribution in [2.75, 3.05) is 25.6 Å². The van der Waals surface area contributed by atoms with Gasteiger partial charge in [0.2, 0.25) is 5.75 Å². The highest BCUT2D eigenvalue weighted by molar-refractivity contribution is 5.49. The number of hydrogen-bond donors (Lipinski definition) is 1. The molecule has 0 aliphatic rings. The Morgan fingerprint density at radius 2 is 2.33 bits per heavy atom. The summed E-state index contributed by atoms with van der Waals surface area (Å²) in [6.07, 6.45) is -1.36. The zero-order valence-electron chi connectivity index (χ0n) is 8.33. The van der Waals surface area contributed by atoms with Crippen LogP contribution in [-0.4, -0.2) is 37.1 Å². The number of nitrogens with one attached hydrogen (secondary N) is 1. The molecule has 0 saturated heterocycles. The van der Waals surface area contributed by atoms with Crippen molar-refractivity contribution in [3.63, 3.8) is 0 Å². The number of H-pyrrole nitrogens is 1. The first-order valence-electron chi connectivity index (χ1n) is 4.17. The number of halogens is 2. The minimum atomic E-state index is -2.50. The van der Waals surface area contributed by atoms with Gasteiger partial charge in [-0.3, -0.25) is 4.79 Å². The lowest BCUT2D eigenvalue weighted by Crippen LogP contribution is -2.27. The number of methoxy groups -OCH3 is 1. The van der Waals surface area contributed by atoms with Gasteiger partial charge in [-0.1, -0.05) is 0 Å². The minimum Gasteiger partial charge on any atom is -0.489 e. The molecule has 0 atom stereocenters. The van der Waals surface area contributed by atoms with Gasteiger partial charge >= 0.3 is 0 Å². The lowest BCUT2D eigenvalue weighted by molar-refractivity contribution is 0.156. The summed E-state index contributed by atoms with van der Waals surface area (Å²) in [6.45, 7) is -0.507. The average Bonchev–Trinajstić information content (AvgIpc) is 2.16. The molecule has 0 aromatic carbocycles. The van der Waals surface area contributed by atoms with Crippen LogP contribution in [0, 0.1) is 0 Å². The predicted molar refractivity (Wildman–Crippen MR) is 50.7 cm³/mol. The van der Waals surface area contributed by atoms with Crippen LogP contribution in [0.15, 0.2) is 11.1 Å². The highest BCUT2D eigenvalue weighted by Gasteiger charge is 2.16. The molecule has 1 heterocycles. The Morgan fingerprint density at radius 1 is 1.67 bits per heavy atom. The topological polar surface area (TPSA) is 58.2 Å². The second kappa shape index (κ2) is 4.72. The Balaban J connectivity index is 3.02. The van der Waals surface area contributed by atoms with Gasteiger partial charge in [-0.2, -0.15) is 0 Å². The monoisotopic (exact) mass is 219 g/mol. The third-order valence-corrected chi connectivity index (χ3v) is 1.77. The number of aromatic nitrogens is 2. The Morgan fingerprint density at radius 3 is 2.87 bits per heavy atom. The molecular formula is C8H11F2N3O2. The number of alkyl halides is 2. The molecule has 84 valence electrons. The largest absolute Gasteiger partial charge is 0.489 e. The van der Waals surface area contributed by atoms with Gasteiger partial charge in [-0.15, -0.1) is 0 Å². The number of hydrogen-bond acceptors (Lipinski definition) is 4. The van der Waals surface area contributed by atoms with Crippen LogP contribution in [0.2, 0.25) is 0 Å². The Bertz CT molecular complexity index is 380. The maximum Gasteiger partial charge on any atom is 0.295 e. The number of rotatable bonds is 4. The smallest absolute Gasteiger partial charge is 0.295 e. The average molecular weight is 219 g/mol. The van der Waals surface area contributed by atoms with Crippen molar-refractivity contribution < 1.29 is 13.5 Å². The first-order valence-corrected chi connectivity index (χ1v) is 4.17. The second-order valence-electron chi connectivity index (χ2n) is 2.86. The van der Waals surface area contributed by atoms with Crippen LogP contribution in [0.25, 0.3) is 0 Å². The molecule has 0 bridgehead atoms. The Hall–Kier alpha value is -1.66. The van der Waals surface area contributed by atoms with E-state index in [1.54, 1.807) is 0 Å². The standard InChI is InChI=1S/C8H11F2N3O2/c1-13(3-5(9)10)7-6(15-2)8(14)12-4-11-7/h4-5H,3H2,1-2H3,(H,11,12,14). The summed E-state index contributed by atoms with van der Waals surface area (Å²) >= 11 is 0. The van der Waals surface area contributed by atoms with Gasteiger partial charge in [0.1, 0.15) is 0 Å². The maximum absolute atomic E-state index is 12.1. The molecule has 1 rings (SSSR count). The van der Waals surface area contributed by atoms with E-state index in [-0.39, 0.29) is 11.6 Å². The molecule has 0 radical (unpaired) electrons. The van der Waals surface area contributed by atoms with Crippen molar-refractivity contribution in [2.24, 2.45) is 0 Å². The van der Waals surface area contributed by atoms with Crippen LogP contribution < -0.4 is 15.2 Å². The van der Waals surface area contributed by atoms with Gasteiger partial charge < -0.3 is 14.6 Å². The van der Waals surface area contributed by atoms with E-state index in [0.29, 0.717) is 0 Å². The molecular weight excluding hydrogens is 208 g/mol. The van der Waals surface area contributed by atoms with Crippen molar-refractivity contribution in [1.82, 2.24) is 9.97 Å². The van der Waals surface area contributed by atoms with E-state index in [4.69, 9.17) is 4.74 Å². The van der Waals surface area contributed by atoms with Crippen molar-refractivity contribution in [3.8, 4) is 5.75 Å². The zero-order chi connectivity index (χ0) is 11.4. The van der Waals surface area contributed by atoms with Gasteiger partial charge in [0.05, 0.1) is 20.0 Å². The summed E-state index contributed by atoms with van der Waals surface area (Å²) in [5.74, 6) is 0.0298. The summed E-state index contributed by atoms with van der Waals surface area (Å²) < 4.78 is 29.0. The molecule has 0 fully saturated rings. The second-order valence-corrected chi connectivity index (χ2v) is 2.86. The highest BCUT2D eigenvalue weighted by atomic mass is 19.3. The van der Waals surface area contributed by atoms with Crippen LogP contribution in [-0.2, 0) is 0 Å². The van der Waals surface area contributed by atoms with E-state index in [1.807, 2.05) is 0 Å². The lowest BCUT2D eigenvalue weighted by Gasteiger charge is -2.18. The molecule has 0 aliphatic carbocycles. The fraction of sp³-hybridized carbons (Fsp3) is 0.500. The van der Waals surface area contributed by atoms with E-state index in [1.165, 1.54) is 19.1 Å². The number of aromatic amines is 1. The number of anilines is 1. The third kappa shape index (κ3) is 2.64. The summed E-state index contributed by atoms with van der Waals surface area (Å²) in [6, 6.07) is 0. The molecule has 5 nitrogen and oxygen atoms in total. The van der Waals surface area contributed by atoms with E-state index >= 15 is 0 Å². The normalized spacial score (nSPS) is 10.5. The van der Waals surface area contributed by atoms with Crippen LogP contribution in [0.3, 0.4) is 0 Å². The van der Waals surface area contributed by atoms with Gasteiger partial charge in [-0.25, -0.2) is 13.8 Å². The number of nitrogens with zero attached hydrogens (tertiary/aromatic N) is 2. The molecule has 15 heavy (non-hydrogen) atoms. The van der Waals surface area contributed by atoms with Gasteiger partial charge in [0, 0.05) is 7.05 Å². The summed E-state index contributed by atoms with van der Waals surface area (Å²) in [5, 5.41) is 0. The predicted octanol–water partition coefficient (Wildman–Crippen LogP) is 0.480. The van der Waals surface area contributed by atoms with Gasteiger partial charge in [0.15, 0.2) is 5.82 Å². The quantitative estimate of drug-likeness (QED) is 0.800. The molecule has 0 saturated carbocycles. The molecule has 7 heteroatoms. The van der Waals surface area contributed by atoms with E-state index in [0.717, 1.165) is 6.33 Å². The third-order valence-electron chi connectivity index (χ3n) is 1.77. The molecule has 1 N–H and O–H groups in total. The van der Waals surface area contributed by atoms with E-state index in [2.05, 4.69) is 9.97 Å². The van der Waals surface area contributed by atoms with Gasteiger partial charge in [-0.05, 0) is 0 Å². The summed E-state index contributed by atoms with van der Waals surface area (Å²) in [5.41, 5.74) is -0.497. The van der Waals surface area contributed by atoms with Crippen LogP contribution >= 0.6 is 0 Å².